The molecule has 0 radical (unpaired) electrons. The summed E-state index contributed by atoms with van der Waals surface area (Å²) in [5, 5.41) is 6.20. The molecule has 0 aliphatic heterocycles. The van der Waals surface area contributed by atoms with Gasteiger partial charge in [-0.2, -0.15) is 0 Å². The van der Waals surface area contributed by atoms with E-state index in [4.69, 9.17) is 0 Å². The van der Waals surface area contributed by atoms with Crippen molar-refractivity contribution in [2.24, 2.45) is 0 Å². The van der Waals surface area contributed by atoms with Gasteiger partial charge in [0, 0.05) is 31.4 Å². The van der Waals surface area contributed by atoms with Crippen molar-refractivity contribution in [3.05, 3.63) is 18.2 Å². The molecule has 0 unspecified atom stereocenters. The van der Waals surface area contributed by atoms with Gasteiger partial charge in [-0.15, -0.1) is 0 Å². The molecule has 1 aromatic heterocycles. The molecule has 0 bridgehead atoms. The van der Waals surface area contributed by atoms with Crippen LogP contribution in [0.25, 0.3) is 0 Å². The standard InChI is InChI=1S/C13H24N4O/c1-4-6-14-10-12-15-7-9-17(12)8-5-13(18)16-11(2)3/h7,9,11,14H,4-6,8,10H2,1-3H3,(H,16,18). The summed E-state index contributed by atoms with van der Waals surface area (Å²) in [6.45, 7) is 8.50. The maximum absolute atomic E-state index is 11.6. The Morgan fingerprint density at radius 1 is 1.50 bits per heavy atom. The van der Waals surface area contributed by atoms with E-state index in [-0.39, 0.29) is 11.9 Å². The summed E-state index contributed by atoms with van der Waals surface area (Å²) in [6, 6.07) is 0.200. The van der Waals surface area contributed by atoms with Gasteiger partial charge in [-0.05, 0) is 26.8 Å². The van der Waals surface area contributed by atoms with Crippen molar-refractivity contribution < 1.29 is 4.79 Å². The van der Waals surface area contributed by atoms with Crippen molar-refractivity contribution in [3.63, 3.8) is 0 Å². The van der Waals surface area contributed by atoms with Gasteiger partial charge in [-0.1, -0.05) is 6.92 Å². The summed E-state index contributed by atoms with van der Waals surface area (Å²) in [6.07, 6.45) is 5.31. The van der Waals surface area contributed by atoms with Crippen LogP contribution in [0.1, 0.15) is 39.4 Å². The second-order valence-electron chi connectivity index (χ2n) is 4.69. The van der Waals surface area contributed by atoms with Crippen LogP contribution in [0.4, 0.5) is 0 Å². The Balaban J connectivity index is 2.37. The first kappa shape index (κ1) is 14.7. The number of hydrogen-bond donors (Lipinski definition) is 2. The van der Waals surface area contributed by atoms with Gasteiger partial charge in [-0.3, -0.25) is 4.79 Å². The molecule has 0 saturated carbocycles. The van der Waals surface area contributed by atoms with Gasteiger partial charge in [-0.25, -0.2) is 4.98 Å². The fraction of sp³-hybridized carbons (Fsp3) is 0.692. The summed E-state index contributed by atoms with van der Waals surface area (Å²) >= 11 is 0. The van der Waals surface area contributed by atoms with Crippen LogP contribution in [0, 0.1) is 0 Å². The maximum Gasteiger partial charge on any atom is 0.221 e. The van der Waals surface area contributed by atoms with Crippen molar-refractivity contribution in [3.8, 4) is 0 Å². The molecule has 102 valence electrons. The number of aromatic nitrogens is 2. The molecule has 5 nitrogen and oxygen atoms in total. The van der Waals surface area contributed by atoms with Gasteiger partial charge in [0.05, 0.1) is 6.54 Å². The molecule has 0 fully saturated rings. The minimum absolute atomic E-state index is 0.0890. The number of nitrogens with one attached hydrogen (secondary N) is 2. The minimum atomic E-state index is 0.0890. The zero-order valence-corrected chi connectivity index (χ0v) is 11.6. The quantitative estimate of drug-likeness (QED) is 0.686. The number of nitrogens with zero attached hydrogens (tertiary/aromatic N) is 2. The van der Waals surface area contributed by atoms with Gasteiger partial charge >= 0.3 is 0 Å². The molecule has 2 N–H and O–H groups in total. The molecular formula is C13H24N4O. The number of carbonyl (C=O) groups excluding carboxylic acids is 1. The smallest absolute Gasteiger partial charge is 0.221 e. The van der Waals surface area contributed by atoms with E-state index in [9.17, 15) is 4.79 Å². The first-order chi connectivity index (χ1) is 8.63. The lowest BCUT2D eigenvalue weighted by Crippen LogP contribution is -2.30. The van der Waals surface area contributed by atoms with Crippen molar-refractivity contribution in [2.45, 2.75) is 52.7 Å². The summed E-state index contributed by atoms with van der Waals surface area (Å²) in [7, 11) is 0. The summed E-state index contributed by atoms with van der Waals surface area (Å²) in [5.41, 5.74) is 0. The Bertz CT molecular complexity index is 360. The zero-order valence-electron chi connectivity index (χ0n) is 11.6. The highest BCUT2D eigenvalue weighted by Gasteiger charge is 2.06. The van der Waals surface area contributed by atoms with E-state index in [1.54, 1.807) is 6.20 Å². The second kappa shape index (κ2) is 7.87. The van der Waals surface area contributed by atoms with Gasteiger partial charge in [0.1, 0.15) is 5.82 Å². The summed E-state index contributed by atoms with van der Waals surface area (Å²) in [4.78, 5) is 15.9. The van der Waals surface area contributed by atoms with E-state index in [1.807, 2.05) is 24.6 Å². The molecule has 0 aliphatic rings. The Kier molecular flexibility index (Phi) is 6.43. The lowest BCUT2D eigenvalue weighted by atomic mass is 10.3. The van der Waals surface area contributed by atoms with Gasteiger partial charge in [0.2, 0.25) is 5.91 Å². The molecule has 5 heteroatoms. The highest BCUT2D eigenvalue weighted by Crippen LogP contribution is 1.99. The molecule has 1 rings (SSSR count). The van der Waals surface area contributed by atoms with Crippen LogP contribution in [-0.2, 0) is 17.9 Å². The molecule has 0 spiro atoms. The molecule has 0 aromatic carbocycles. The molecule has 0 saturated heterocycles. The van der Waals surface area contributed by atoms with Crippen LogP contribution in [-0.4, -0.2) is 28.0 Å². The molecule has 0 aliphatic carbocycles. The average Bonchev–Trinajstić information content (AvgIpc) is 2.73. The van der Waals surface area contributed by atoms with Crippen molar-refractivity contribution >= 4 is 5.91 Å². The molecule has 1 heterocycles. The van der Waals surface area contributed by atoms with Crippen molar-refractivity contribution in [2.75, 3.05) is 6.54 Å². The zero-order chi connectivity index (χ0) is 13.4. The Labute approximate surface area is 109 Å². The Hall–Kier alpha value is -1.36. The van der Waals surface area contributed by atoms with Crippen LogP contribution >= 0.6 is 0 Å². The van der Waals surface area contributed by atoms with Crippen molar-refractivity contribution in [1.29, 1.82) is 0 Å². The van der Waals surface area contributed by atoms with E-state index in [2.05, 4.69) is 22.5 Å². The fourth-order valence-electron chi connectivity index (χ4n) is 1.70. The van der Waals surface area contributed by atoms with Crippen LogP contribution in [0.3, 0.4) is 0 Å². The predicted octanol–water partition coefficient (Wildman–Crippen LogP) is 1.30. The highest BCUT2D eigenvalue weighted by atomic mass is 16.1. The molecule has 1 amide bonds. The first-order valence-corrected chi connectivity index (χ1v) is 6.63. The van der Waals surface area contributed by atoms with Crippen LogP contribution in [0.15, 0.2) is 12.4 Å². The Morgan fingerprint density at radius 3 is 2.94 bits per heavy atom. The first-order valence-electron chi connectivity index (χ1n) is 6.63. The van der Waals surface area contributed by atoms with Crippen LogP contribution in [0.5, 0.6) is 0 Å². The number of aryl methyl sites for hydroxylation is 1. The third-order valence-corrected chi connectivity index (χ3v) is 2.54. The second-order valence-corrected chi connectivity index (χ2v) is 4.69. The van der Waals surface area contributed by atoms with E-state index in [0.29, 0.717) is 13.0 Å². The van der Waals surface area contributed by atoms with Gasteiger partial charge in [0.15, 0.2) is 0 Å². The summed E-state index contributed by atoms with van der Waals surface area (Å²) in [5.74, 6) is 1.08. The maximum atomic E-state index is 11.6. The average molecular weight is 252 g/mol. The van der Waals surface area contributed by atoms with Crippen LogP contribution < -0.4 is 10.6 Å². The number of rotatable bonds is 8. The molecule has 18 heavy (non-hydrogen) atoms. The lowest BCUT2D eigenvalue weighted by molar-refractivity contribution is -0.121. The number of carbonyl (C=O) groups is 1. The topological polar surface area (TPSA) is 59.0 Å². The minimum Gasteiger partial charge on any atom is -0.354 e. The van der Waals surface area contributed by atoms with Crippen molar-refractivity contribution in [1.82, 2.24) is 20.2 Å². The third kappa shape index (κ3) is 5.31. The molecule has 0 atom stereocenters. The monoisotopic (exact) mass is 252 g/mol. The number of imidazole rings is 1. The normalized spacial score (nSPS) is 10.9. The van der Waals surface area contributed by atoms with E-state index in [0.717, 1.165) is 25.3 Å². The Morgan fingerprint density at radius 2 is 2.28 bits per heavy atom. The van der Waals surface area contributed by atoms with Gasteiger partial charge < -0.3 is 15.2 Å². The third-order valence-electron chi connectivity index (χ3n) is 2.54. The molecule has 1 aromatic rings. The van der Waals surface area contributed by atoms with Gasteiger partial charge in [0.25, 0.3) is 0 Å². The number of hydrogen-bond acceptors (Lipinski definition) is 3. The van der Waals surface area contributed by atoms with E-state index < -0.39 is 0 Å². The number of amides is 1. The van der Waals surface area contributed by atoms with E-state index >= 15 is 0 Å². The van der Waals surface area contributed by atoms with Crippen LogP contribution in [0.2, 0.25) is 0 Å². The highest BCUT2D eigenvalue weighted by molar-refractivity contribution is 5.76. The lowest BCUT2D eigenvalue weighted by Gasteiger charge is -2.10. The predicted molar refractivity (Wildman–Crippen MR) is 72.1 cm³/mol. The SMILES string of the molecule is CCCNCc1nccn1CCC(=O)NC(C)C. The van der Waals surface area contributed by atoms with E-state index in [1.165, 1.54) is 0 Å². The largest absolute Gasteiger partial charge is 0.354 e. The molecular weight excluding hydrogens is 228 g/mol. The fourth-order valence-corrected chi connectivity index (χ4v) is 1.70. The summed E-state index contributed by atoms with van der Waals surface area (Å²) < 4.78 is 2.03.